The molecule has 1 aliphatic rings. The fraction of sp³-hybridized carbons (Fsp3) is 0.273. The minimum absolute atomic E-state index is 0.102. The molecule has 0 saturated heterocycles. The van der Waals surface area contributed by atoms with Crippen LogP contribution in [0, 0.1) is 12.3 Å². The van der Waals surface area contributed by atoms with Gasteiger partial charge in [-0.15, -0.1) is 0 Å². The summed E-state index contributed by atoms with van der Waals surface area (Å²) in [5.41, 5.74) is 9.51. The molecule has 0 fully saturated rings. The van der Waals surface area contributed by atoms with Gasteiger partial charge < -0.3 is 16.0 Å². The molecule has 0 radical (unpaired) electrons. The number of fused-ring (bicyclic) bond motifs is 1. The van der Waals surface area contributed by atoms with Crippen LogP contribution in [0.15, 0.2) is 41.3 Å². The molecule has 1 aliphatic carbocycles. The summed E-state index contributed by atoms with van der Waals surface area (Å²) in [5, 5.41) is 7.74. The number of anilines is 2. The van der Waals surface area contributed by atoms with Gasteiger partial charge in [0, 0.05) is 18.7 Å². The Morgan fingerprint density at radius 2 is 1.97 bits per heavy atom. The number of hydrogen-bond donors (Lipinski definition) is 3. The van der Waals surface area contributed by atoms with Crippen molar-refractivity contribution in [3.8, 4) is 5.69 Å². The molecule has 4 N–H and O–H groups in total. The lowest BCUT2D eigenvalue weighted by Gasteiger charge is -2.29. The minimum atomic E-state index is -0.580. The molecule has 0 aliphatic heterocycles. The van der Waals surface area contributed by atoms with Crippen LogP contribution in [0.3, 0.4) is 0 Å². The van der Waals surface area contributed by atoms with E-state index in [9.17, 15) is 14.4 Å². The zero-order valence-corrected chi connectivity index (χ0v) is 17.1. The highest BCUT2D eigenvalue weighted by atomic mass is 16.1. The second-order valence-corrected chi connectivity index (χ2v) is 8.42. The average molecular weight is 405 g/mol. The van der Waals surface area contributed by atoms with Crippen molar-refractivity contribution in [3.63, 3.8) is 0 Å². The van der Waals surface area contributed by atoms with E-state index in [2.05, 4.69) is 29.2 Å². The molecule has 2 heterocycles. The predicted molar refractivity (Wildman–Crippen MR) is 114 cm³/mol. The highest BCUT2D eigenvalue weighted by Crippen LogP contribution is 2.37. The zero-order chi connectivity index (χ0) is 21.6. The second kappa shape index (κ2) is 6.98. The van der Waals surface area contributed by atoms with Crippen molar-refractivity contribution in [1.29, 1.82) is 0 Å². The van der Waals surface area contributed by atoms with Gasteiger partial charge in [-0.2, -0.15) is 5.10 Å². The molecule has 8 nitrogen and oxygen atoms in total. The Morgan fingerprint density at radius 3 is 2.63 bits per heavy atom. The molecular weight excluding hydrogens is 382 g/mol. The second-order valence-electron chi connectivity index (χ2n) is 8.42. The maximum atomic E-state index is 12.7. The molecule has 0 atom stereocenters. The van der Waals surface area contributed by atoms with Gasteiger partial charge in [-0.05, 0) is 43.0 Å². The first-order chi connectivity index (χ1) is 14.1. The maximum absolute atomic E-state index is 12.7. The number of nitrogens with two attached hydrogens (primary N) is 1. The van der Waals surface area contributed by atoms with Gasteiger partial charge >= 0.3 is 0 Å². The number of carbonyl (C=O) groups is 2. The molecule has 0 unspecified atom stereocenters. The van der Waals surface area contributed by atoms with Crippen molar-refractivity contribution >= 4 is 23.1 Å². The lowest BCUT2D eigenvalue weighted by atomic mass is 9.75. The standard InChI is InChI=1S/C22H23N5O3/c1-12-20-17(9-22(2,3)10-18(20)28)27(26-12)14-5-6-15(21(23)30)16(8-14)25-13-4-7-19(29)24-11-13/h4-8,11,25H,9-10H2,1-3H3,(H2,23,30)(H,24,29). The first-order valence-corrected chi connectivity index (χ1v) is 9.66. The fourth-order valence-electron chi connectivity index (χ4n) is 3.98. The maximum Gasteiger partial charge on any atom is 0.250 e. The Bertz CT molecular complexity index is 1220. The molecule has 0 saturated carbocycles. The summed E-state index contributed by atoms with van der Waals surface area (Å²) < 4.78 is 1.77. The SMILES string of the molecule is Cc1nn(-c2ccc(C(N)=O)c(Nc3ccc(=O)[nH]c3)c2)c2c1C(=O)CC(C)(C)C2. The highest BCUT2D eigenvalue weighted by molar-refractivity contribution is 6.01. The average Bonchev–Trinajstić information content (AvgIpc) is 2.98. The molecule has 3 aromatic rings. The van der Waals surface area contributed by atoms with Crippen molar-refractivity contribution in [3.05, 3.63) is 69.4 Å². The Morgan fingerprint density at radius 1 is 1.20 bits per heavy atom. The van der Waals surface area contributed by atoms with Crippen molar-refractivity contribution < 1.29 is 9.59 Å². The zero-order valence-electron chi connectivity index (χ0n) is 17.1. The van der Waals surface area contributed by atoms with Gasteiger partial charge in [-0.25, -0.2) is 4.68 Å². The number of amides is 1. The number of aryl methyl sites for hydroxylation is 1. The summed E-state index contributed by atoms with van der Waals surface area (Å²) >= 11 is 0. The molecule has 1 aromatic carbocycles. The van der Waals surface area contributed by atoms with E-state index >= 15 is 0 Å². The van der Waals surface area contributed by atoms with E-state index in [1.54, 1.807) is 28.9 Å². The number of pyridine rings is 1. The summed E-state index contributed by atoms with van der Waals surface area (Å²) in [5.74, 6) is -0.478. The van der Waals surface area contributed by atoms with Gasteiger partial charge in [-0.1, -0.05) is 13.8 Å². The van der Waals surface area contributed by atoms with Crippen LogP contribution in [-0.4, -0.2) is 26.5 Å². The molecule has 0 spiro atoms. The molecule has 154 valence electrons. The van der Waals surface area contributed by atoms with Crippen molar-refractivity contribution in [1.82, 2.24) is 14.8 Å². The van der Waals surface area contributed by atoms with E-state index in [0.29, 0.717) is 40.3 Å². The third-order valence-electron chi connectivity index (χ3n) is 5.30. The van der Waals surface area contributed by atoms with Crippen LogP contribution in [0.5, 0.6) is 0 Å². The number of nitrogens with one attached hydrogen (secondary N) is 2. The van der Waals surface area contributed by atoms with Crippen molar-refractivity contribution in [2.24, 2.45) is 11.1 Å². The summed E-state index contributed by atoms with van der Waals surface area (Å²) in [4.78, 5) is 38.5. The van der Waals surface area contributed by atoms with Gasteiger partial charge in [0.15, 0.2) is 5.78 Å². The number of benzene rings is 1. The normalized spacial score (nSPS) is 15.0. The Hall–Kier alpha value is -3.68. The van der Waals surface area contributed by atoms with Crippen LogP contribution in [-0.2, 0) is 6.42 Å². The largest absolute Gasteiger partial charge is 0.366 e. The first kappa shape index (κ1) is 19.6. The van der Waals surface area contributed by atoms with E-state index in [-0.39, 0.29) is 16.8 Å². The van der Waals surface area contributed by atoms with Crippen LogP contribution < -0.4 is 16.6 Å². The number of ketones is 1. The molecule has 8 heteroatoms. The number of aromatic nitrogens is 3. The number of carbonyl (C=O) groups excluding carboxylic acids is 2. The molecule has 1 amide bonds. The molecule has 0 bridgehead atoms. The van der Waals surface area contributed by atoms with Gasteiger partial charge in [0.1, 0.15) is 0 Å². The van der Waals surface area contributed by atoms with Crippen molar-refractivity contribution in [2.45, 2.75) is 33.6 Å². The summed E-state index contributed by atoms with van der Waals surface area (Å²) in [6.45, 7) is 5.97. The number of H-pyrrole nitrogens is 1. The number of Topliss-reactive ketones (excluding diaryl/α,β-unsaturated/α-hetero) is 1. The summed E-state index contributed by atoms with van der Waals surface area (Å²) in [6.07, 6.45) is 2.72. The van der Waals surface area contributed by atoms with E-state index in [1.165, 1.54) is 12.3 Å². The Labute approximate surface area is 173 Å². The number of nitrogens with zero attached hydrogens (tertiary/aromatic N) is 2. The fourth-order valence-corrected chi connectivity index (χ4v) is 3.98. The van der Waals surface area contributed by atoms with Crippen molar-refractivity contribution in [2.75, 3.05) is 5.32 Å². The number of hydrogen-bond acceptors (Lipinski definition) is 5. The van der Waals surface area contributed by atoms with E-state index in [4.69, 9.17) is 5.73 Å². The molecule has 2 aromatic heterocycles. The lowest BCUT2D eigenvalue weighted by molar-refractivity contribution is 0.0909. The summed E-state index contributed by atoms with van der Waals surface area (Å²) in [6, 6.07) is 8.15. The van der Waals surface area contributed by atoms with Crippen LogP contribution >= 0.6 is 0 Å². The molecular formula is C22H23N5O3. The third-order valence-corrected chi connectivity index (χ3v) is 5.30. The number of rotatable bonds is 4. The molecule has 4 rings (SSSR count). The van der Waals surface area contributed by atoms with E-state index < -0.39 is 5.91 Å². The van der Waals surface area contributed by atoms with Gasteiger partial charge in [0.05, 0.1) is 39.6 Å². The topological polar surface area (TPSA) is 123 Å². The third kappa shape index (κ3) is 3.52. The Balaban J connectivity index is 1.82. The minimum Gasteiger partial charge on any atom is -0.366 e. The smallest absolute Gasteiger partial charge is 0.250 e. The van der Waals surface area contributed by atoms with Gasteiger partial charge in [0.25, 0.3) is 5.91 Å². The van der Waals surface area contributed by atoms with Crippen LogP contribution in [0.1, 0.15) is 52.4 Å². The first-order valence-electron chi connectivity index (χ1n) is 9.66. The quantitative estimate of drug-likeness (QED) is 0.616. The number of primary amides is 1. The monoisotopic (exact) mass is 405 g/mol. The highest BCUT2D eigenvalue weighted by Gasteiger charge is 2.35. The van der Waals surface area contributed by atoms with Crippen LogP contribution in [0.2, 0.25) is 0 Å². The van der Waals surface area contributed by atoms with E-state index in [0.717, 1.165) is 12.1 Å². The number of aromatic amines is 1. The van der Waals surface area contributed by atoms with Crippen LogP contribution in [0.25, 0.3) is 5.69 Å². The van der Waals surface area contributed by atoms with Crippen LogP contribution in [0.4, 0.5) is 11.4 Å². The lowest BCUT2D eigenvalue weighted by Crippen LogP contribution is -2.28. The van der Waals surface area contributed by atoms with Gasteiger partial charge in [-0.3, -0.25) is 14.4 Å². The molecule has 30 heavy (non-hydrogen) atoms. The van der Waals surface area contributed by atoms with Gasteiger partial charge in [0.2, 0.25) is 5.56 Å². The Kier molecular flexibility index (Phi) is 4.57. The van der Waals surface area contributed by atoms with E-state index in [1.807, 2.05) is 6.92 Å². The summed E-state index contributed by atoms with van der Waals surface area (Å²) in [7, 11) is 0. The predicted octanol–water partition coefficient (Wildman–Crippen LogP) is 2.87.